The fourth-order valence-electron chi connectivity index (χ4n) is 1.15. The van der Waals surface area contributed by atoms with Crippen LogP contribution in [-0.4, -0.2) is 15.0 Å². The highest BCUT2D eigenvalue weighted by atomic mass is 32.2. The Hall–Kier alpha value is -1.82. The molecule has 2 heterocycles. The lowest BCUT2D eigenvalue weighted by Gasteiger charge is -2.00. The maximum Gasteiger partial charge on any atom is 0.251 e. The van der Waals surface area contributed by atoms with Gasteiger partial charge in [0.15, 0.2) is 5.16 Å². The van der Waals surface area contributed by atoms with Crippen molar-refractivity contribution in [3.8, 4) is 0 Å². The SMILES string of the molecule is Nc1cccc(CSc2nccc(=O)[nH]2)n1. The molecule has 5 nitrogen and oxygen atoms in total. The monoisotopic (exact) mass is 234 g/mol. The van der Waals surface area contributed by atoms with Crippen molar-refractivity contribution in [2.75, 3.05) is 5.73 Å². The number of aromatic nitrogens is 3. The summed E-state index contributed by atoms with van der Waals surface area (Å²) in [7, 11) is 0. The number of aromatic amines is 1. The lowest BCUT2D eigenvalue weighted by atomic mass is 10.4. The number of thioether (sulfide) groups is 1. The molecule has 6 heteroatoms. The molecule has 0 aliphatic carbocycles. The molecule has 0 aromatic carbocycles. The van der Waals surface area contributed by atoms with E-state index in [0.717, 1.165) is 5.69 Å². The molecule has 82 valence electrons. The molecule has 2 rings (SSSR count). The summed E-state index contributed by atoms with van der Waals surface area (Å²) in [6.07, 6.45) is 1.48. The smallest absolute Gasteiger partial charge is 0.251 e. The topological polar surface area (TPSA) is 84.7 Å². The van der Waals surface area contributed by atoms with Crippen molar-refractivity contribution in [1.29, 1.82) is 0 Å². The Morgan fingerprint density at radius 1 is 1.38 bits per heavy atom. The van der Waals surface area contributed by atoms with E-state index in [1.165, 1.54) is 24.0 Å². The van der Waals surface area contributed by atoms with Crippen LogP contribution in [0.5, 0.6) is 0 Å². The number of H-pyrrole nitrogens is 1. The third-order valence-electron chi connectivity index (χ3n) is 1.83. The number of hydrogen-bond donors (Lipinski definition) is 2. The summed E-state index contributed by atoms with van der Waals surface area (Å²) in [5.41, 5.74) is 6.26. The highest BCUT2D eigenvalue weighted by Crippen LogP contribution is 2.16. The lowest BCUT2D eigenvalue weighted by molar-refractivity contribution is 0.935. The predicted octanol–water partition coefficient (Wildman–Crippen LogP) is 1.04. The van der Waals surface area contributed by atoms with E-state index in [9.17, 15) is 4.79 Å². The van der Waals surface area contributed by atoms with Gasteiger partial charge in [-0.1, -0.05) is 17.8 Å². The van der Waals surface area contributed by atoms with E-state index in [1.54, 1.807) is 6.07 Å². The van der Waals surface area contributed by atoms with E-state index in [1.807, 2.05) is 12.1 Å². The highest BCUT2D eigenvalue weighted by Gasteiger charge is 1.99. The summed E-state index contributed by atoms with van der Waals surface area (Å²) in [6, 6.07) is 6.84. The first-order chi connectivity index (χ1) is 7.74. The molecular formula is C10H10N4OS. The molecule has 0 radical (unpaired) electrons. The Bertz CT molecular complexity index is 540. The van der Waals surface area contributed by atoms with Gasteiger partial charge in [-0.2, -0.15) is 0 Å². The molecule has 0 aliphatic rings. The second kappa shape index (κ2) is 4.80. The Kier molecular flexibility index (Phi) is 3.21. The van der Waals surface area contributed by atoms with E-state index in [2.05, 4.69) is 15.0 Å². The number of hydrogen-bond acceptors (Lipinski definition) is 5. The lowest BCUT2D eigenvalue weighted by Crippen LogP contribution is -2.05. The van der Waals surface area contributed by atoms with Gasteiger partial charge in [-0.15, -0.1) is 0 Å². The minimum atomic E-state index is -0.155. The van der Waals surface area contributed by atoms with Crippen LogP contribution >= 0.6 is 11.8 Å². The summed E-state index contributed by atoms with van der Waals surface area (Å²) in [4.78, 5) is 21.8. The van der Waals surface area contributed by atoms with Crippen molar-refractivity contribution in [3.63, 3.8) is 0 Å². The van der Waals surface area contributed by atoms with Crippen molar-refractivity contribution in [2.45, 2.75) is 10.9 Å². The van der Waals surface area contributed by atoms with E-state index in [4.69, 9.17) is 5.73 Å². The minimum absolute atomic E-state index is 0.155. The minimum Gasteiger partial charge on any atom is -0.384 e. The zero-order valence-corrected chi connectivity index (χ0v) is 9.20. The van der Waals surface area contributed by atoms with Gasteiger partial charge in [-0.25, -0.2) is 9.97 Å². The zero-order chi connectivity index (χ0) is 11.4. The number of rotatable bonds is 3. The van der Waals surface area contributed by atoms with Gasteiger partial charge in [0.1, 0.15) is 5.82 Å². The number of nitrogens with one attached hydrogen (secondary N) is 1. The number of nitrogen functional groups attached to an aromatic ring is 1. The molecule has 0 unspecified atom stereocenters. The van der Waals surface area contributed by atoms with Gasteiger partial charge in [-0.05, 0) is 12.1 Å². The Labute approximate surface area is 96.1 Å². The van der Waals surface area contributed by atoms with Crippen LogP contribution in [0.25, 0.3) is 0 Å². The van der Waals surface area contributed by atoms with Crippen LogP contribution in [-0.2, 0) is 5.75 Å². The summed E-state index contributed by atoms with van der Waals surface area (Å²) >= 11 is 1.41. The van der Waals surface area contributed by atoms with Gasteiger partial charge in [0.25, 0.3) is 5.56 Å². The summed E-state index contributed by atoms with van der Waals surface area (Å²) < 4.78 is 0. The van der Waals surface area contributed by atoms with Crippen molar-refractivity contribution >= 4 is 17.6 Å². The van der Waals surface area contributed by atoms with Gasteiger partial charge in [-0.3, -0.25) is 4.79 Å². The number of nitrogens with two attached hydrogens (primary N) is 1. The second-order valence-electron chi connectivity index (χ2n) is 3.08. The van der Waals surface area contributed by atoms with Gasteiger partial charge >= 0.3 is 0 Å². The molecule has 2 aromatic heterocycles. The number of nitrogens with zero attached hydrogens (tertiary/aromatic N) is 2. The van der Waals surface area contributed by atoms with Gasteiger partial charge in [0.05, 0.1) is 5.69 Å². The van der Waals surface area contributed by atoms with E-state index >= 15 is 0 Å². The zero-order valence-electron chi connectivity index (χ0n) is 8.38. The fourth-order valence-corrected chi connectivity index (χ4v) is 1.90. The Morgan fingerprint density at radius 2 is 2.25 bits per heavy atom. The van der Waals surface area contributed by atoms with Crippen molar-refractivity contribution in [3.05, 3.63) is 46.5 Å². The molecule has 0 spiro atoms. The highest BCUT2D eigenvalue weighted by molar-refractivity contribution is 7.98. The third-order valence-corrected chi connectivity index (χ3v) is 2.75. The molecule has 0 amide bonds. The number of anilines is 1. The van der Waals surface area contributed by atoms with Crippen LogP contribution in [0.3, 0.4) is 0 Å². The second-order valence-corrected chi connectivity index (χ2v) is 4.05. The van der Waals surface area contributed by atoms with E-state index in [-0.39, 0.29) is 5.56 Å². The molecule has 3 N–H and O–H groups in total. The molecule has 0 saturated carbocycles. The van der Waals surface area contributed by atoms with Crippen molar-refractivity contribution in [1.82, 2.24) is 15.0 Å². The molecule has 0 aliphatic heterocycles. The van der Waals surface area contributed by atoms with Crippen LogP contribution < -0.4 is 11.3 Å². The first-order valence-electron chi connectivity index (χ1n) is 4.63. The molecule has 0 bridgehead atoms. The maximum absolute atomic E-state index is 11.0. The molecule has 0 atom stereocenters. The molecule has 0 saturated heterocycles. The predicted molar refractivity (Wildman–Crippen MR) is 63.1 cm³/mol. The van der Waals surface area contributed by atoms with E-state index in [0.29, 0.717) is 16.7 Å². The average Bonchev–Trinajstić information content (AvgIpc) is 2.27. The standard InChI is InChI=1S/C10H10N4OS/c11-8-3-1-2-7(13-8)6-16-10-12-5-4-9(15)14-10/h1-5H,6H2,(H2,11,13)(H,12,14,15). The fraction of sp³-hybridized carbons (Fsp3) is 0.100. The summed E-state index contributed by atoms with van der Waals surface area (Å²) in [5, 5.41) is 0.580. The third kappa shape index (κ3) is 2.83. The van der Waals surface area contributed by atoms with Crippen molar-refractivity contribution < 1.29 is 0 Å². The maximum atomic E-state index is 11.0. The molecular weight excluding hydrogens is 224 g/mol. The van der Waals surface area contributed by atoms with Crippen LogP contribution in [0.1, 0.15) is 5.69 Å². The molecule has 0 fully saturated rings. The van der Waals surface area contributed by atoms with Crippen molar-refractivity contribution in [2.24, 2.45) is 0 Å². The van der Waals surface area contributed by atoms with Crippen LogP contribution in [0.15, 0.2) is 40.4 Å². The summed E-state index contributed by atoms with van der Waals surface area (Å²) in [6.45, 7) is 0. The average molecular weight is 234 g/mol. The van der Waals surface area contributed by atoms with Crippen LogP contribution in [0, 0.1) is 0 Å². The molecule has 2 aromatic rings. The first kappa shape index (κ1) is 10.7. The van der Waals surface area contributed by atoms with E-state index < -0.39 is 0 Å². The normalized spacial score (nSPS) is 10.2. The number of pyridine rings is 1. The Morgan fingerprint density at radius 3 is 3.00 bits per heavy atom. The van der Waals surface area contributed by atoms with Crippen LogP contribution in [0.2, 0.25) is 0 Å². The molecule has 16 heavy (non-hydrogen) atoms. The van der Waals surface area contributed by atoms with Gasteiger partial charge in [0.2, 0.25) is 0 Å². The first-order valence-corrected chi connectivity index (χ1v) is 5.62. The van der Waals surface area contributed by atoms with Crippen LogP contribution in [0.4, 0.5) is 5.82 Å². The summed E-state index contributed by atoms with van der Waals surface area (Å²) in [5.74, 6) is 1.12. The largest absolute Gasteiger partial charge is 0.384 e. The van der Waals surface area contributed by atoms with Gasteiger partial charge < -0.3 is 10.7 Å². The van der Waals surface area contributed by atoms with Gasteiger partial charge in [0, 0.05) is 18.0 Å². The Balaban J connectivity index is 2.05. The quantitative estimate of drug-likeness (QED) is 0.612.